The van der Waals surface area contributed by atoms with Crippen molar-refractivity contribution in [2.45, 2.75) is 19.1 Å². The first-order valence-electron chi connectivity index (χ1n) is 8.55. The fourth-order valence-corrected chi connectivity index (χ4v) is 6.74. The van der Waals surface area contributed by atoms with E-state index in [1.165, 1.54) is 18.9 Å². The summed E-state index contributed by atoms with van der Waals surface area (Å²) in [5, 5.41) is 42.3. The van der Waals surface area contributed by atoms with Gasteiger partial charge in [0.05, 0.1) is 49.4 Å². The lowest BCUT2D eigenvalue weighted by Gasteiger charge is -2.24. The summed E-state index contributed by atoms with van der Waals surface area (Å²) in [6, 6.07) is 0. The van der Waals surface area contributed by atoms with Crippen LogP contribution >= 0.6 is 67.8 Å². The molecule has 1 rings (SSSR count). The lowest BCUT2D eigenvalue weighted by atomic mass is 10.1. The second-order valence-electron chi connectivity index (χ2n) is 6.32. The summed E-state index contributed by atoms with van der Waals surface area (Å²) in [6.07, 6.45) is -2.27. The van der Waals surface area contributed by atoms with Gasteiger partial charge in [0.2, 0.25) is 5.91 Å². The summed E-state index contributed by atoms with van der Waals surface area (Å²) >= 11 is 5.66. The van der Waals surface area contributed by atoms with Gasteiger partial charge in [0.1, 0.15) is 0 Å². The van der Waals surface area contributed by atoms with Crippen LogP contribution in [0.3, 0.4) is 0 Å². The Balaban J connectivity index is 3.55. The molecule has 2 atom stereocenters. The van der Waals surface area contributed by atoms with Crippen LogP contribution in [0.4, 0.5) is 5.69 Å². The van der Waals surface area contributed by atoms with E-state index in [1.54, 1.807) is 0 Å². The van der Waals surface area contributed by atoms with Crippen molar-refractivity contribution in [3.05, 3.63) is 21.8 Å². The molecule has 0 spiro atoms. The summed E-state index contributed by atoms with van der Waals surface area (Å²) in [6.45, 7) is -0.0782. The molecule has 0 bridgehead atoms. The lowest BCUT2D eigenvalue weighted by molar-refractivity contribution is -0.114. The molecule has 0 fully saturated rings. The van der Waals surface area contributed by atoms with Crippen LogP contribution in [0.2, 0.25) is 0 Å². The number of anilines is 1. The Morgan fingerprint density at radius 1 is 0.967 bits per heavy atom. The molecule has 0 saturated heterocycles. The molecule has 0 radical (unpaired) electrons. The van der Waals surface area contributed by atoms with Crippen LogP contribution in [0.5, 0.6) is 0 Å². The normalized spacial score (nSPS) is 12.8. The van der Waals surface area contributed by atoms with Crippen LogP contribution in [-0.4, -0.2) is 88.6 Å². The number of aliphatic hydroxyl groups is 4. The largest absolute Gasteiger partial charge is 0.394 e. The molecule has 0 aliphatic heterocycles. The first-order valence-corrected chi connectivity index (χ1v) is 11.8. The summed E-state index contributed by atoms with van der Waals surface area (Å²) in [7, 11) is 1.45. The highest BCUT2D eigenvalue weighted by atomic mass is 127. The monoisotopic (exact) mass is 761 g/mol. The van der Waals surface area contributed by atoms with E-state index in [0.717, 1.165) is 0 Å². The van der Waals surface area contributed by atoms with Gasteiger partial charge < -0.3 is 36.0 Å². The molecule has 3 amide bonds. The average molecular weight is 761 g/mol. The molecule has 0 unspecified atom stereocenters. The number of hydrogen-bond donors (Lipinski definition) is 6. The van der Waals surface area contributed by atoms with E-state index in [1.807, 2.05) is 67.8 Å². The van der Waals surface area contributed by atoms with E-state index in [4.69, 9.17) is 10.2 Å². The minimum Gasteiger partial charge on any atom is -0.394 e. The van der Waals surface area contributed by atoms with Crippen molar-refractivity contribution < 1.29 is 34.8 Å². The van der Waals surface area contributed by atoms with E-state index in [9.17, 15) is 24.6 Å². The van der Waals surface area contributed by atoms with Crippen molar-refractivity contribution in [2.24, 2.45) is 0 Å². The van der Waals surface area contributed by atoms with Crippen LogP contribution in [0, 0.1) is 10.7 Å². The molecule has 13 heteroatoms. The summed E-state index contributed by atoms with van der Waals surface area (Å²) in [5.41, 5.74) is 0.572. The Hall–Kier alpha value is -0.340. The maximum absolute atomic E-state index is 13.1. The molecule has 1 aromatic rings. The summed E-state index contributed by atoms with van der Waals surface area (Å²) < 4.78 is 1.14. The lowest BCUT2D eigenvalue weighted by Crippen LogP contribution is -2.38. The first kappa shape index (κ1) is 27.7. The number of aliphatic hydroxyl groups excluding tert-OH is 4. The molecule has 0 saturated carbocycles. The van der Waals surface area contributed by atoms with E-state index in [2.05, 4.69) is 10.6 Å². The van der Waals surface area contributed by atoms with E-state index >= 15 is 0 Å². The van der Waals surface area contributed by atoms with Gasteiger partial charge in [-0.15, -0.1) is 0 Å². The van der Waals surface area contributed by atoms with Crippen molar-refractivity contribution in [3.8, 4) is 0 Å². The topological polar surface area (TPSA) is 159 Å². The van der Waals surface area contributed by atoms with Gasteiger partial charge >= 0.3 is 0 Å². The smallest absolute Gasteiger partial charge is 0.255 e. The Bertz CT molecular complexity index is 823. The second-order valence-corrected chi connectivity index (χ2v) is 9.55. The predicted molar refractivity (Wildman–Crippen MR) is 134 cm³/mol. The Kier molecular flexibility index (Phi) is 11.7. The number of nitrogens with zero attached hydrogens (tertiary/aromatic N) is 1. The second kappa shape index (κ2) is 12.6. The van der Waals surface area contributed by atoms with Gasteiger partial charge in [0.15, 0.2) is 0 Å². The maximum Gasteiger partial charge on any atom is 0.255 e. The standard InChI is InChI=1S/C17H22I3N3O7/c1-7(26)22-15-13(19)10(16(29)21-3-8(27)5-24)12(18)11(14(15)20)17(30)23(2)4-9(28)6-25/h8-9,24-25,27-28H,3-6H2,1-2H3,(H,21,29)(H,22,26)/t8-,9+/m0/s1. The first-order chi connectivity index (χ1) is 14.0. The Labute approximate surface area is 214 Å². The molecule has 10 nitrogen and oxygen atoms in total. The summed E-state index contributed by atoms with van der Waals surface area (Å²) in [5.74, 6) is -1.49. The van der Waals surface area contributed by atoms with Crippen molar-refractivity contribution in [2.75, 3.05) is 38.7 Å². The highest BCUT2D eigenvalue weighted by Crippen LogP contribution is 2.36. The van der Waals surface area contributed by atoms with Gasteiger partial charge in [-0.25, -0.2) is 0 Å². The molecule has 0 heterocycles. The molecule has 1 aromatic carbocycles. The summed E-state index contributed by atoms with van der Waals surface area (Å²) in [4.78, 5) is 38.8. The minimum absolute atomic E-state index is 0.130. The Morgan fingerprint density at radius 2 is 1.50 bits per heavy atom. The molecular weight excluding hydrogens is 739 g/mol. The molecular formula is C17H22I3N3O7. The number of amides is 3. The van der Waals surface area contributed by atoms with Crippen LogP contribution in [0.25, 0.3) is 0 Å². The number of likely N-dealkylation sites (N-methyl/N-ethyl adjacent to an activating group) is 1. The molecule has 6 N–H and O–H groups in total. The van der Waals surface area contributed by atoms with Gasteiger partial charge in [0, 0.05) is 30.6 Å². The van der Waals surface area contributed by atoms with Gasteiger partial charge in [-0.3, -0.25) is 14.4 Å². The van der Waals surface area contributed by atoms with Crippen LogP contribution < -0.4 is 10.6 Å². The number of nitrogens with one attached hydrogen (secondary N) is 2. The van der Waals surface area contributed by atoms with E-state index in [0.29, 0.717) is 10.7 Å². The van der Waals surface area contributed by atoms with Crippen LogP contribution in [-0.2, 0) is 4.79 Å². The highest BCUT2D eigenvalue weighted by Gasteiger charge is 2.30. The zero-order valence-electron chi connectivity index (χ0n) is 16.1. The van der Waals surface area contributed by atoms with Gasteiger partial charge in [-0.1, -0.05) is 0 Å². The fourth-order valence-electron chi connectivity index (χ4n) is 2.35. The minimum atomic E-state index is -1.14. The number of hydrogen-bond acceptors (Lipinski definition) is 7. The highest BCUT2D eigenvalue weighted by molar-refractivity contribution is 14.1. The maximum atomic E-state index is 13.1. The Morgan fingerprint density at radius 3 is 2.00 bits per heavy atom. The SMILES string of the molecule is CC(=O)Nc1c(I)c(C(=O)NC[C@H](O)CO)c(I)c(C(=O)N(C)C[C@@H](O)CO)c1I. The third-order valence-electron chi connectivity index (χ3n) is 3.81. The van der Waals surface area contributed by atoms with Crippen molar-refractivity contribution in [3.63, 3.8) is 0 Å². The third-order valence-corrected chi connectivity index (χ3v) is 7.05. The number of carbonyl (C=O) groups is 3. The van der Waals surface area contributed by atoms with Crippen molar-refractivity contribution in [1.82, 2.24) is 10.2 Å². The van der Waals surface area contributed by atoms with Crippen molar-refractivity contribution in [1.29, 1.82) is 0 Å². The van der Waals surface area contributed by atoms with Gasteiger partial charge in [-0.05, 0) is 67.8 Å². The zero-order valence-corrected chi connectivity index (χ0v) is 22.6. The van der Waals surface area contributed by atoms with E-state index < -0.39 is 43.1 Å². The molecule has 30 heavy (non-hydrogen) atoms. The number of carbonyl (C=O) groups excluding carboxylic acids is 3. The number of rotatable bonds is 9. The molecule has 0 aliphatic carbocycles. The average Bonchev–Trinajstić information content (AvgIpc) is 2.68. The van der Waals surface area contributed by atoms with Gasteiger partial charge in [-0.2, -0.15) is 0 Å². The third kappa shape index (κ3) is 7.09. The predicted octanol–water partition coefficient (Wildman–Crippen LogP) is -0.0330. The van der Waals surface area contributed by atoms with E-state index in [-0.39, 0.29) is 29.9 Å². The molecule has 0 aromatic heterocycles. The van der Waals surface area contributed by atoms with Gasteiger partial charge in [0.25, 0.3) is 11.8 Å². The quantitative estimate of drug-likeness (QED) is 0.193. The fraction of sp³-hybridized carbons (Fsp3) is 0.471. The molecule has 0 aliphatic rings. The zero-order chi connectivity index (χ0) is 23.2. The van der Waals surface area contributed by atoms with Crippen LogP contribution in [0.1, 0.15) is 27.6 Å². The number of benzene rings is 1. The number of halogens is 3. The molecule has 168 valence electrons. The van der Waals surface area contributed by atoms with Crippen LogP contribution in [0.15, 0.2) is 0 Å². The van der Waals surface area contributed by atoms with Crippen molar-refractivity contribution >= 4 is 91.2 Å².